The Kier molecular flexibility index (Phi) is 7.24. The van der Waals surface area contributed by atoms with Crippen LogP contribution in [0.25, 0.3) is 11.1 Å². The summed E-state index contributed by atoms with van der Waals surface area (Å²) in [7, 11) is 0. The third-order valence-electron chi connectivity index (χ3n) is 2.95. The molecule has 0 aromatic heterocycles. The van der Waals surface area contributed by atoms with Gasteiger partial charge in [-0.3, -0.25) is 4.79 Å². The molecule has 0 atom stereocenters. The van der Waals surface area contributed by atoms with Gasteiger partial charge in [-0.05, 0) is 36.6 Å². The molecule has 0 N–H and O–H groups in total. The summed E-state index contributed by atoms with van der Waals surface area (Å²) in [6.07, 6.45) is 1.01. The topological polar surface area (TPSA) is 26.3 Å². The minimum atomic E-state index is 0.0925. The Morgan fingerprint density at radius 1 is 0.905 bits per heavy atom. The van der Waals surface area contributed by atoms with Gasteiger partial charge in [0.1, 0.15) is 5.75 Å². The van der Waals surface area contributed by atoms with Crippen molar-refractivity contribution in [1.82, 2.24) is 0 Å². The second-order valence-electron chi connectivity index (χ2n) is 4.51. The van der Waals surface area contributed by atoms with E-state index in [1.165, 1.54) is 0 Å². The first-order valence-corrected chi connectivity index (χ1v) is 7.55. The van der Waals surface area contributed by atoms with E-state index in [9.17, 15) is 4.79 Å². The molecule has 0 spiro atoms. The van der Waals surface area contributed by atoms with E-state index in [1.54, 1.807) is 6.92 Å². The molecule has 2 heteroatoms. The average molecular weight is 284 g/mol. The molecule has 0 fully saturated rings. The van der Waals surface area contributed by atoms with Crippen LogP contribution in [-0.2, 0) is 0 Å². The number of carbonyl (C=O) groups excluding carboxylic acids is 1. The lowest BCUT2D eigenvalue weighted by Gasteiger charge is -2.06. The molecule has 0 aliphatic rings. The maximum absolute atomic E-state index is 11.2. The fourth-order valence-electron chi connectivity index (χ4n) is 1.86. The predicted molar refractivity (Wildman–Crippen MR) is 89.0 cm³/mol. The van der Waals surface area contributed by atoms with Gasteiger partial charge in [0, 0.05) is 5.56 Å². The lowest BCUT2D eigenvalue weighted by molar-refractivity contribution is 0.101. The molecule has 0 saturated carbocycles. The zero-order valence-electron chi connectivity index (χ0n) is 13.3. The van der Waals surface area contributed by atoms with Crippen molar-refractivity contribution in [3.05, 3.63) is 54.1 Å². The Morgan fingerprint density at radius 2 is 1.38 bits per heavy atom. The van der Waals surface area contributed by atoms with Gasteiger partial charge in [0.05, 0.1) is 6.61 Å². The molecule has 0 aliphatic carbocycles. The molecule has 0 unspecified atom stereocenters. The Morgan fingerprint density at radius 3 is 1.81 bits per heavy atom. The van der Waals surface area contributed by atoms with Crippen LogP contribution < -0.4 is 4.74 Å². The normalized spacial score (nSPS) is 9.52. The fraction of sp³-hybridized carbons (Fsp3) is 0.316. The third-order valence-corrected chi connectivity index (χ3v) is 2.95. The van der Waals surface area contributed by atoms with E-state index >= 15 is 0 Å². The summed E-state index contributed by atoms with van der Waals surface area (Å²) in [5.41, 5.74) is 2.97. The van der Waals surface area contributed by atoms with Gasteiger partial charge in [-0.2, -0.15) is 0 Å². The van der Waals surface area contributed by atoms with Gasteiger partial charge in [-0.25, -0.2) is 0 Å². The summed E-state index contributed by atoms with van der Waals surface area (Å²) in [5.74, 6) is 0.987. The Hall–Kier alpha value is -2.09. The molecule has 0 aliphatic heterocycles. The third kappa shape index (κ3) is 5.07. The van der Waals surface area contributed by atoms with Crippen molar-refractivity contribution in [1.29, 1.82) is 0 Å². The van der Waals surface area contributed by atoms with Crippen molar-refractivity contribution >= 4 is 5.78 Å². The number of Topliss-reactive ketones (excluding diaryl/α,β-unsaturated/α-hetero) is 1. The zero-order chi connectivity index (χ0) is 15.7. The highest BCUT2D eigenvalue weighted by atomic mass is 16.5. The smallest absolute Gasteiger partial charge is 0.159 e. The van der Waals surface area contributed by atoms with Gasteiger partial charge in [-0.1, -0.05) is 57.2 Å². The van der Waals surface area contributed by atoms with Gasteiger partial charge in [-0.15, -0.1) is 0 Å². The second-order valence-corrected chi connectivity index (χ2v) is 4.51. The molecule has 0 saturated heterocycles. The Balaban J connectivity index is 0.00000106. The number of rotatable bonds is 5. The average Bonchev–Trinajstić information content (AvgIpc) is 2.55. The van der Waals surface area contributed by atoms with Crippen molar-refractivity contribution in [3.8, 4) is 16.9 Å². The highest BCUT2D eigenvalue weighted by Crippen LogP contribution is 2.23. The van der Waals surface area contributed by atoms with Crippen molar-refractivity contribution < 1.29 is 9.53 Å². The lowest BCUT2D eigenvalue weighted by Crippen LogP contribution is -1.94. The van der Waals surface area contributed by atoms with Crippen LogP contribution in [0.2, 0.25) is 0 Å². The predicted octanol–water partition coefficient (Wildman–Crippen LogP) is 5.37. The second kappa shape index (κ2) is 8.96. The minimum Gasteiger partial charge on any atom is -0.494 e. The van der Waals surface area contributed by atoms with Crippen LogP contribution in [0, 0.1) is 0 Å². The number of benzene rings is 2. The van der Waals surface area contributed by atoms with Crippen LogP contribution in [-0.4, -0.2) is 12.4 Å². The molecule has 2 aromatic rings. The Labute approximate surface area is 127 Å². The summed E-state index contributed by atoms with van der Waals surface area (Å²) < 4.78 is 5.55. The van der Waals surface area contributed by atoms with Crippen molar-refractivity contribution in [2.75, 3.05) is 6.61 Å². The van der Waals surface area contributed by atoms with E-state index < -0.39 is 0 Å². The molecular weight excluding hydrogens is 260 g/mol. The van der Waals surface area contributed by atoms with Gasteiger partial charge in [0.15, 0.2) is 5.78 Å². The van der Waals surface area contributed by atoms with Crippen LogP contribution in [0.5, 0.6) is 5.75 Å². The molecule has 0 heterocycles. The van der Waals surface area contributed by atoms with Gasteiger partial charge >= 0.3 is 0 Å². The van der Waals surface area contributed by atoms with E-state index in [2.05, 4.69) is 6.92 Å². The van der Waals surface area contributed by atoms with Gasteiger partial charge < -0.3 is 4.74 Å². The zero-order valence-corrected chi connectivity index (χ0v) is 13.3. The standard InChI is InChI=1S/C17H18O2.C2H6/c1-3-12-19-17-10-8-16(9-11-17)15-6-4-14(5-7-15)13(2)18;1-2/h4-11H,3,12H2,1-2H3;1-2H3. The number of carbonyl (C=O) groups is 1. The van der Waals surface area contributed by atoms with E-state index in [1.807, 2.05) is 62.4 Å². The molecule has 2 rings (SSSR count). The minimum absolute atomic E-state index is 0.0925. The number of hydrogen-bond acceptors (Lipinski definition) is 2. The first-order valence-electron chi connectivity index (χ1n) is 7.55. The van der Waals surface area contributed by atoms with Gasteiger partial charge in [0.2, 0.25) is 0 Å². The first-order chi connectivity index (χ1) is 10.2. The number of ketones is 1. The summed E-state index contributed by atoms with van der Waals surface area (Å²) in [6, 6.07) is 15.7. The molecular formula is C19H24O2. The summed E-state index contributed by atoms with van der Waals surface area (Å²) in [4.78, 5) is 11.2. The highest BCUT2D eigenvalue weighted by molar-refractivity contribution is 5.94. The Bertz CT molecular complexity index is 539. The maximum atomic E-state index is 11.2. The summed E-state index contributed by atoms with van der Waals surface area (Å²) >= 11 is 0. The van der Waals surface area contributed by atoms with Crippen LogP contribution in [0.4, 0.5) is 0 Å². The summed E-state index contributed by atoms with van der Waals surface area (Å²) in [6.45, 7) is 8.41. The molecule has 2 nitrogen and oxygen atoms in total. The largest absolute Gasteiger partial charge is 0.494 e. The van der Waals surface area contributed by atoms with Crippen LogP contribution in [0.15, 0.2) is 48.5 Å². The van der Waals surface area contributed by atoms with E-state index in [0.717, 1.165) is 35.5 Å². The van der Waals surface area contributed by atoms with Crippen LogP contribution >= 0.6 is 0 Å². The fourth-order valence-corrected chi connectivity index (χ4v) is 1.86. The quantitative estimate of drug-likeness (QED) is 0.690. The van der Waals surface area contributed by atoms with Gasteiger partial charge in [0.25, 0.3) is 0 Å². The van der Waals surface area contributed by atoms with Crippen LogP contribution in [0.3, 0.4) is 0 Å². The molecule has 112 valence electrons. The molecule has 2 aromatic carbocycles. The first kappa shape index (κ1) is 17.0. The van der Waals surface area contributed by atoms with Crippen molar-refractivity contribution in [2.24, 2.45) is 0 Å². The molecule has 21 heavy (non-hydrogen) atoms. The molecule has 0 radical (unpaired) electrons. The van der Waals surface area contributed by atoms with E-state index in [4.69, 9.17) is 4.74 Å². The monoisotopic (exact) mass is 284 g/mol. The van der Waals surface area contributed by atoms with E-state index in [0.29, 0.717) is 0 Å². The lowest BCUT2D eigenvalue weighted by atomic mass is 10.0. The number of hydrogen-bond donors (Lipinski definition) is 0. The SMILES string of the molecule is CC.CCCOc1ccc(-c2ccc(C(C)=O)cc2)cc1. The molecule has 0 bridgehead atoms. The van der Waals surface area contributed by atoms with E-state index in [-0.39, 0.29) is 5.78 Å². The van der Waals surface area contributed by atoms with Crippen molar-refractivity contribution in [3.63, 3.8) is 0 Å². The number of ether oxygens (including phenoxy) is 1. The van der Waals surface area contributed by atoms with Crippen molar-refractivity contribution in [2.45, 2.75) is 34.1 Å². The maximum Gasteiger partial charge on any atom is 0.159 e. The molecule has 0 amide bonds. The van der Waals surface area contributed by atoms with Crippen LogP contribution in [0.1, 0.15) is 44.5 Å². The highest BCUT2D eigenvalue weighted by Gasteiger charge is 2.01. The summed E-state index contributed by atoms with van der Waals surface area (Å²) in [5, 5.41) is 0.